The normalized spacial score (nSPS) is 13.7. The molecule has 0 radical (unpaired) electrons. The van der Waals surface area contributed by atoms with E-state index in [9.17, 15) is 5.11 Å². The largest absolute Gasteiger partial charge is 0.393 e. The number of hydrogen-bond donors (Lipinski definition) is 1. The van der Waals surface area contributed by atoms with Crippen LogP contribution in [-0.4, -0.2) is 11.2 Å². The van der Waals surface area contributed by atoms with Crippen molar-refractivity contribution in [2.45, 2.75) is 84.2 Å². The fourth-order valence-electron chi connectivity index (χ4n) is 1.84. The first-order valence-corrected chi connectivity index (χ1v) is 7.79. The van der Waals surface area contributed by atoms with Gasteiger partial charge in [0.05, 0.1) is 6.10 Å². The van der Waals surface area contributed by atoms with Crippen molar-refractivity contribution < 1.29 is 5.11 Å². The van der Waals surface area contributed by atoms with E-state index in [-0.39, 0.29) is 6.10 Å². The summed E-state index contributed by atoms with van der Waals surface area (Å²) in [5.74, 6) is 0. The minimum absolute atomic E-state index is 0.128. The van der Waals surface area contributed by atoms with Crippen molar-refractivity contribution in [3.63, 3.8) is 0 Å². The maximum atomic E-state index is 9.79. The molecule has 0 aliphatic carbocycles. The molecule has 0 amide bonds. The van der Waals surface area contributed by atoms with E-state index in [0.717, 1.165) is 25.7 Å². The van der Waals surface area contributed by atoms with Crippen molar-refractivity contribution in [3.05, 3.63) is 24.3 Å². The van der Waals surface area contributed by atoms with Gasteiger partial charge in [0.1, 0.15) is 0 Å². The Kier molecular flexibility index (Phi) is 14.0. The summed E-state index contributed by atoms with van der Waals surface area (Å²) in [6.07, 6.45) is 20.1. The van der Waals surface area contributed by atoms with Gasteiger partial charge in [0.25, 0.3) is 0 Å². The van der Waals surface area contributed by atoms with Gasteiger partial charge in [-0.1, -0.05) is 63.8 Å². The highest BCUT2D eigenvalue weighted by molar-refractivity contribution is 4.84. The molecule has 0 spiro atoms. The first-order valence-electron chi connectivity index (χ1n) is 7.79. The van der Waals surface area contributed by atoms with Crippen molar-refractivity contribution >= 4 is 0 Å². The molecule has 0 rings (SSSR count). The summed E-state index contributed by atoms with van der Waals surface area (Å²) in [6.45, 7) is 4.43. The molecular formula is C17H32O. The second-order valence-electron chi connectivity index (χ2n) is 5.04. The number of aliphatic hydroxyl groups excluding tert-OH is 1. The number of aliphatic hydroxyl groups is 1. The second-order valence-corrected chi connectivity index (χ2v) is 5.04. The highest BCUT2D eigenvalue weighted by atomic mass is 16.3. The highest BCUT2D eigenvalue weighted by Gasteiger charge is 2.00. The molecule has 106 valence electrons. The van der Waals surface area contributed by atoms with Crippen molar-refractivity contribution in [2.75, 3.05) is 0 Å². The predicted molar refractivity (Wildman–Crippen MR) is 81.8 cm³/mol. The first-order chi connectivity index (χ1) is 8.81. The van der Waals surface area contributed by atoms with Crippen molar-refractivity contribution in [1.82, 2.24) is 0 Å². The highest BCUT2D eigenvalue weighted by Crippen LogP contribution is 2.07. The zero-order chi connectivity index (χ0) is 13.5. The number of rotatable bonds is 12. The molecule has 1 nitrogen and oxygen atoms in total. The SMILES string of the molecule is CCCCC=CCCC(O)CCC=CCCCC. The summed E-state index contributed by atoms with van der Waals surface area (Å²) < 4.78 is 0. The third-order valence-electron chi connectivity index (χ3n) is 3.12. The summed E-state index contributed by atoms with van der Waals surface area (Å²) in [7, 11) is 0. The van der Waals surface area contributed by atoms with E-state index in [4.69, 9.17) is 0 Å². The van der Waals surface area contributed by atoms with Crippen LogP contribution in [0, 0.1) is 0 Å². The molecule has 0 saturated heterocycles. The summed E-state index contributed by atoms with van der Waals surface area (Å²) >= 11 is 0. The van der Waals surface area contributed by atoms with Gasteiger partial charge >= 0.3 is 0 Å². The lowest BCUT2D eigenvalue weighted by molar-refractivity contribution is 0.157. The van der Waals surface area contributed by atoms with Crippen LogP contribution in [0.1, 0.15) is 78.1 Å². The Morgan fingerprint density at radius 1 is 0.722 bits per heavy atom. The van der Waals surface area contributed by atoms with Crippen LogP contribution in [0.4, 0.5) is 0 Å². The van der Waals surface area contributed by atoms with Gasteiger partial charge in [-0.15, -0.1) is 0 Å². The average Bonchev–Trinajstić information content (AvgIpc) is 2.38. The van der Waals surface area contributed by atoms with E-state index < -0.39 is 0 Å². The average molecular weight is 252 g/mol. The Balaban J connectivity index is 3.34. The van der Waals surface area contributed by atoms with E-state index in [0.29, 0.717) is 0 Å². The molecule has 0 aromatic heterocycles. The van der Waals surface area contributed by atoms with Crippen LogP contribution >= 0.6 is 0 Å². The Hall–Kier alpha value is -0.560. The standard InChI is InChI=1S/C17H32O/c1-3-5-7-9-11-13-15-17(18)16-14-12-10-8-6-4-2/h9-12,17-18H,3-8,13-16H2,1-2H3. The van der Waals surface area contributed by atoms with Crippen LogP contribution in [0.3, 0.4) is 0 Å². The molecule has 0 aromatic rings. The van der Waals surface area contributed by atoms with Crippen LogP contribution in [0.5, 0.6) is 0 Å². The molecule has 0 heterocycles. The fourth-order valence-corrected chi connectivity index (χ4v) is 1.84. The predicted octanol–water partition coefficient (Wildman–Crippen LogP) is 5.40. The number of unbranched alkanes of at least 4 members (excludes halogenated alkanes) is 4. The lowest BCUT2D eigenvalue weighted by atomic mass is 10.1. The maximum absolute atomic E-state index is 9.79. The Morgan fingerprint density at radius 3 is 1.50 bits per heavy atom. The smallest absolute Gasteiger partial charge is 0.0546 e. The van der Waals surface area contributed by atoms with Crippen molar-refractivity contribution in [3.8, 4) is 0 Å². The Labute approximate surface area is 114 Å². The maximum Gasteiger partial charge on any atom is 0.0546 e. The van der Waals surface area contributed by atoms with E-state index in [1.807, 2.05) is 0 Å². The molecule has 0 atom stereocenters. The second kappa shape index (κ2) is 14.5. The molecule has 0 saturated carbocycles. The first kappa shape index (κ1) is 17.4. The Bertz CT molecular complexity index is 184. The minimum Gasteiger partial charge on any atom is -0.393 e. The minimum atomic E-state index is -0.128. The van der Waals surface area contributed by atoms with Gasteiger partial charge in [-0.2, -0.15) is 0 Å². The van der Waals surface area contributed by atoms with Gasteiger partial charge in [-0.05, 0) is 38.5 Å². The lowest BCUT2D eigenvalue weighted by Gasteiger charge is -2.06. The van der Waals surface area contributed by atoms with E-state index >= 15 is 0 Å². The molecule has 0 unspecified atom stereocenters. The van der Waals surface area contributed by atoms with Crippen molar-refractivity contribution in [1.29, 1.82) is 0 Å². The van der Waals surface area contributed by atoms with E-state index in [1.165, 1.54) is 38.5 Å². The monoisotopic (exact) mass is 252 g/mol. The van der Waals surface area contributed by atoms with Gasteiger partial charge in [-0.3, -0.25) is 0 Å². The van der Waals surface area contributed by atoms with Crippen LogP contribution in [0.2, 0.25) is 0 Å². The summed E-state index contributed by atoms with van der Waals surface area (Å²) in [5, 5.41) is 9.79. The molecule has 0 fully saturated rings. The quantitative estimate of drug-likeness (QED) is 0.364. The topological polar surface area (TPSA) is 20.2 Å². The zero-order valence-electron chi connectivity index (χ0n) is 12.4. The van der Waals surface area contributed by atoms with Crippen LogP contribution < -0.4 is 0 Å². The van der Waals surface area contributed by atoms with Crippen LogP contribution in [-0.2, 0) is 0 Å². The van der Waals surface area contributed by atoms with Gasteiger partial charge in [0.2, 0.25) is 0 Å². The van der Waals surface area contributed by atoms with Crippen molar-refractivity contribution in [2.24, 2.45) is 0 Å². The van der Waals surface area contributed by atoms with Crippen LogP contribution in [0.15, 0.2) is 24.3 Å². The summed E-state index contributed by atoms with van der Waals surface area (Å²) in [6, 6.07) is 0. The Morgan fingerprint density at radius 2 is 1.11 bits per heavy atom. The van der Waals surface area contributed by atoms with Gasteiger partial charge in [0, 0.05) is 0 Å². The third kappa shape index (κ3) is 13.5. The summed E-state index contributed by atoms with van der Waals surface area (Å²) in [4.78, 5) is 0. The lowest BCUT2D eigenvalue weighted by Crippen LogP contribution is -2.04. The van der Waals surface area contributed by atoms with E-state index in [2.05, 4.69) is 38.2 Å². The number of hydrogen-bond acceptors (Lipinski definition) is 1. The molecular weight excluding hydrogens is 220 g/mol. The molecule has 1 heteroatoms. The van der Waals surface area contributed by atoms with Gasteiger partial charge in [-0.25, -0.2) is 0 Å². The van der Waals surface area contributed by atoms with E-state index in [1.54, 1.807) is 0 Å². The molecule has 1 N–H and O–H groups in total. The molecule has 18 heavy (non-hydrogen) atoms. The fraction of sp³-hybridized carbons (Fsp3) is 0.765. The number of allylic oxidation sites excluding steroid dienone is 4. The zero-order valence-corrected chi connectivity index (χ0v) is 12.4. The molecule has 0 aromatic carbocycles. The third-order valence-corrected chi connectivity index (χ3v) is 3.12. The molecule has 0 aliphatic rings. The van der Waals surface area contributed by atoms with Gasteiger partial charge in [0.15, 0.2) is 0 Å². The van der Waals surface area contributed by atoms with Crippen LogP contribution in [0.25, 0.3) is 0 Å². The molecule has 0 aliphatic heterocycles. The summed E-state index contributed by atoms with van der Waals surface area (Å²) in [5.41, 5.74) is 0. The molecule has 0 bridgehead atoms. The van der Waals surface area contributed by atoms with Gasteiger partial charge < -0.3 is 5.11 Å².